The van der Waals surface area contributed by atoms with Crippen molar-refractivity contribution in [2.24, 2.45) is 10.7 Å². The quantitative estimate of drug-likeness (QED) is 0.409. The predicted molar refractivity (Wildman–Crippen MR) is 56.8 cm³/mol. The summed E-state index contributed by atoms with van der Waals surface area (Å²) >= 11 is 0. The standard InChI is InChI=1S/C10H12N4/c1-8-3-5-9(6-4-8)14(2)10(12)13-7-11/h3-6H,1-2H3,(H2,12,13). The van der Waals surface area contributed by atoms with E-state index in [4.69, 9.17) is 11.0 Å². The van der Waals surface area contributed by atoms with E-state index in [-0.39, 0.29) is 5.96 Å². The van der Waals surface area contributed by atoms with Gasteiger partial charge in [0.1, 0.15) is 0 Å². The molecule has 0 spiro atoms. The van der Waals surface area contributed by atoms with E-state index in [9.17, 15) is 0 Å². The van der Waals surface area contributed by atoms with Gasteiger partial charge in [-0.3, -0.25) is 0 Å². The molecule has 2 N–H and O–H groups in total. The van der Waals surface area contributed by atoms with E-state index in [1.54, 1.807) is 18.1 Å². The maximum atomic E-state index is 8.33. The molecule has 4 heteroatoms. The van der Waals surface area contributed by atoms with Crippen LogP contribution in [0, 0.1) is 18.4 Å². The van der Waals surface area contributed by atoms with Crippen LogP contribution in [0.2, 0.25) is 0 Å². The fraction of sp³-hybridized carbons (Fsp3) is 0.200. The monoisotopic (exact) mass is 188 g/mol. The highest BCUT2D eigenvalue weighted by Gasteiger charge is 2.03. The van der Waals surface area contributed by atoms with Crippen LogP contribution in [-0.4, -0.2) is 13.0 Å². The molecular weight excluding hydrogens is 176 g/mol. The summed E-state index contributed by atoms with van der Waals surface area (Å²) in [7, 11) is 1.76. The minimum Gasteiger partial charge on any atom is -0.369 e. The molecule has 0 aromatic heterocycles. The van der Waals surface area contributed by atoms with Gasteiger partial charge in [0.2, 0.25) is 12.2 Å². The highest BCUT2D eigenvalue weighted by molar-refractivity contribution is 5.94. The summed E-state index contributed by atoms with van der Waals surface area (Å²) in [5.41, 5.74) is 7.64. The highest BCUT2D eigenvalue weighted by atomic mass is 15.2. The number of hydrogen-bond donors (Lipinski definition) is 1. The van der Waals surface area contributed by atoms with Crippen LogP contribution in [0.4, 0.5) is 5.69 Å². The molecule has 1 aromatic rings. The van der Waals surface area contributed by atoms with Crippen LogP contribution in [0.25, 0.3) is 0 Å². The van der Waals surface area contributed by atoms with Crippen LogP contribution in [-0.2, 0) is 0 Å². The molecule has 4 nitrogen and oxygen atoms in total. The summed E-state index contributed by atoms with van der Waals surface area (Å²) in [6.07, 6.45) is 1.65. The van der Waals surface area contributed by atoms with Crippen LogP contribution in [0.15, 0.2) is 29.3 Å². The second-order valence-corrected chi connectivity index (χ2v) is 2.96. The molecule has 14 heavy (non-hydrogen) atoms. The van der Waals surface area contributed by atoms with Gasteiger partial charge < -0.3 is 10.6 Å². The molecule has 0 unspecified atom stereocenters. The molecule has 0 heterocycles. The van der Waals surface area contributed by atoms with Crippen LogP contribution in [0.1, 0.15) is 5.56 Å². The van der Waals surface area contributed by atoms with Crippen molar-refractivity contribution >= 4 is 11.6 Å². The molecule has 1 aromatic carbocycles. The first-order chi connectivity index (χ1) is 6.65. The van der Waals surface area contributed by atoms with Gasteiger partial charge in [-0.05, 0) is 19.1 Å². The summed E-state index contributed by atoms with van der Waals surface area (Å²) in [5.74, 6) is 0.191. The Balaban J connectivity index is 2.91. The van der Waals surface area contributed by atoms with Crippen molar-refractivity contribution in [1.29, 1.82) is 5.26 Å². The maximum Gasteiger partial charge on any atom is 0.211 e. The minimum absolute atomic E-state index is 0.191. The molecule has 0 fully saturated rings. The number of guanidine groups is 1. The number of rotatable bonds is 1. The number of anilines is 1. The summed E-state index contributed by atoms with van der Waals surface area (Å²) in [6, 6.07) is 7.81. The summed E-state index contributed by atoms with van der Waals surface area (Å²) in [5, 5.41) is 8.33. The molecular formula is C10H12N4. The second-order valence-electron chi connectivity index (χ2n) is 2.96. The molecule has 0 saturated carbocycles. The van der Waals surface area contributed by atoms with Gasteiger partial charge >= 0.3 is 0 Å². The number of nitriles is 1. The lowest BCUT2D eigenvalue weighted by molar-refractivity contribution is 1.21. The molecule has 0 amide bonds. The van der Waals surface area contributed by atoms with Gasteiger partial charge in [-0.15, -0.1) is 4.99 Å². The summed E-state index contributed by atoms with van der Waals surface area (Å²) in [4.78, 5) is 5.10. The molecule has 0 aliphatic carbocycles. The Hall–Kier alpha value is -2.02. The number of hydrogen-bond acceptors (Lipinski definition) is 2. The number of nitrogens with zero attached hydrogens (tertiary/aromatic N) is 3. The summed E-state index contributed by atoms with van der Waals surface area (Å²) in [6.45, 7) is 2.01. The van der Waals surface area contributed by atoms with Gasteiger partial charge in [0.05, 0.1) is 0 Å². The lowest BCUT2D eigenvalue weighted by Gasteiger charge is -2.16. The highest BCUT2D eigenvalue weighted by Crippen LogP contribution is 2.12. The van der Waals surface area contributed by atoms with E-state index in [0.29, 0.717) is 0 Å². The van der Waals surface area contributed by atoms with Crippen LogP contribution >= 0.6 is 0 Å². The molecule has 0 bridgehead atoms. The molecule has 1 rings (SSSR count). The molecule has 0 atom stereocenters. The van der Waals surface area contributed by atoms with E-state index < -0.39 is 0 Å². The lowest BCUT2D eigenvalue weighted by atomic mass is 10.2. The third-order valence-corrected chi connectivity index (χ3v) is 1.93. The van der Waals surface area contributed by atoms with Crippen molar-refractivity contribution < 1.29 is 0 Å². The van der Waals surface area contributed by atoms with Crippen LogP contribution in [0.3, 0.4) is 0 Å². The maximum absolute atomic E-state index is 8.33. The van der Waals surface area contributed by atoms with Crippen molar-refractivity contribution in [1.82, 2.24) is 0 Å². The van der Waals surface area contributed by atoms with E-state index >= 15 is 0 Å². The molecule has 0 aliphatic heterocycles. The third kappa shape index (κ3) is 2.23. The molecule has 72 valence electrons. The van der Waals surface area contributed by atoms with Gasteiger partial charge in [0, 0.05) is 12.7 Å². The van der Waals surface area contributed by atoms with Gasteiger partial charge in [-0.1, -0.05) is 17.7 Å². The smallest absolute Gasteiger partial charge is 0.211 e. The van der Waals surface area contributed by atoms with Crippen molar-refractivity contribution in [3.63, 3.8) is 0 Å². The first-order valence-corrected chi connectivity index (χ1v) is 4.18. The largest absolute Gasteiger partial charge is 0.369 e. The van der Waals surface area contributed by atoms with Gasteiger partial charge in [0.25, 0.3) is 0 Å². The minimum atomic E-state index is 0.191. The average molecular weight is 188 g/mol. The second kappa shape index (κ2) is 4.28. The third-order valence-electron chi connectivity index (χ3n) is 1.93. The van der Waals surface area contributed by atoms with E-state index in [1.807, 2.05) is 31.2 Å². The fourth-order valence-corrected chi connectivity index (χ4v) is 1.03. The normalized spacial score (nSPS) is 10.8. The SMILES string of the molecule is Cc1ccc(N(C)C(N)=NC#N)cc1. The molecule has 0 radical (unpaired) electrons. The summed E-state index contributed by atoms with van der Waals surface area (Å²) < 4.78 is 0. The molecule has 0 saturated heterocycles. The topological polar surface area (TPSA) is 65.4 Å². The fourth-order valence-electron chi connectivity index (χ4n) is 1.03. The predicted octanol–water partition coefficient (Wildman–Crippen LogP) is 1.23. The number of benzene rings is 1. The average Bonchev–Trinajstić information content (AvgIpc) is 2.18. The number of nitrogens with two attached hydrogens (primary N) is 1. The Morgan fingerprint density at radius 2 is 2.00 bits per heavy atom. The molecule has 0 aliphatic rings. The van der Waals surface area contributed by atoms with Gasteiger partial charge in [-0.2, -0.15) is 5.26 Å². The Kier molecular flexibility index (Phi) is 3.08. The Morgan fingerprint density at radius 1 is 1.43 bits per heavy atom. The Bertz CT molecular complexity index is 372. The van der Waals surface area contributed by atoms with Crippen LogP contribution < -0.4 is 10.6 Å². The zero-order chi connectivity index (χ0) is 10.6. The van der Waals surface area contributed by atoms with Gasteiger partial charge in [-0.25, -0.2) is 0 Å². The van der Waals surface area contributed by atoms with Crippen molar-refractivity contribution in [2.75, 3.05) is 11.9 Å². The first-order valence-electron chi connectivity index (χ1n) is 4.18. The van der Waals surface area contributed by atoms with E-state index in [0.717, 1.165) is 5.69 Å². The Labute approximate surface area is 83.3 Å². The van der Waals surface area contributed by atoms with Crippen molar-refractivity contribution in [3.05, 3.63) is 29.8 Å². The zero-order valence-electron chi connectivity index (χ0n) is 8.23. The van der Waals surface area contributed by atoms with E-state index in [1.165, 1.54) is 5.56 Å². The van der Waals surface area contributed by atoms with E-state index in [2.05, 4.69) is 4.99 Å². The first kappa shape index (κ1) is 10.1. The van der Waals surface area contributed by atoms with Gasteiger partial charge in [0.15, 0.2) is 0 Å². The number of aryl methyl sites for hydroxylation is 1. The lowest BCUT2D eigenvalue weighted by Crippen LogP contribution is -2.33. The zero-order valence-corrected chi connectivity index (χ0v) is 8.23. The Morgan fingerprint density at radius 3 is 2.50 bits per heavy atom. The number of aliphatic imine (C=N–C) groups is 1. The van der Waals surface area contributed by atoms with Crippen molar-refractivity contribution in [3.8, 4) is 6.19 Å². The van der Waals surface area contributed by atoms with Crippen molar-refractivity contribution in [2.45, 2.75) is 6.92 Å². The van der Waals surface area contributed by atoms with Crippen LogP contribution in [0.5, 0.6) is 0 Å².